The number of benzene rings is 3. The molecule has 1 fully saturated rings. The summed E-state index contributed by atoms with van der Waals surface area (Å²) in [5.41, 5.74) is 1.93. The van der Waals surface area contributed by atoms with Gasteiger partial charge in [-0.1, -0.05) is 54.6 Å². The van der Waals surface area contributed by atoms with Crippen LogP contribution in [-0.4, -0.2) is 73.6 Å². The molecule has 7 nitrogen and oxygen atoms in total. The van der Waals surface area contributed by atoms with E-state index >= 15 is 0 Å². The zero-order chi connectivity index (χ0) is 23.7. The Morgan fingerprint density at radius 3 is 1.97 bits per heavy atom. The summed E-state index contributed by atoms with van der Waals surface area (Å²) in [6.07, 6.45) is 1.60. The summed E-state index contributed by atoms with van der Waals surface area (Å²) in [6.45, 7) is 2.59. The predicted octanol–water partition coefficient (Wildman–Crippen LogP) is 3.05. The second-order valence-corrected chi connectivity index (χ2v) is 10.3. The van der Waals surface area contributed by atoms with Gasteiger partial charge in [-0.2, -0.15) is 4.31 Å². The molecule has 3 aromatic carbocycles. The molecule has 1 saturated heterocycles. The highest BCUT2D eigenvalue weighted by Gasteiger charge is 2.33. The number of imide groups is 1. The zero-order valence-electron chi connectivity index (χ0n) is 18.6. The van der Waals surface area contributed by atoms with Crippen molar-refractivity contribution < 1.29 is 18.0 Å². The van der Waals surface area contributed by atoms with Crippen LogP contribution in [0.25, 0.3) is 16.8 Å². The van der Waals surface area contributed by atoms with E-state index in [4.69, 9.17) is 0 Å². The van der Waals surface area contributed by atoms with Gasteiger partial charge in [-0.15, -0.1) is 0 Å². The van der Waals surface area contributed by atoms with E-state index in [1.165, 1.54) is 14.6 Å². The lowest BCUT2D eigenvalue weighted by Crippen LogP contribution is -2.51. The van der Waals surface area contributed by atoms with Gasteiger partial charge in [-0.05, 0) is 29.2 Å². The van der Waals surface area contributed by atoms with Crippen LogP contribution in [-0.2, 0) is 10.0 Å². The van der Waals surface area contributed by atoms with Crippen molar-refractivity contribution in [3.63, 3.8) is 0 Å². The fourth-order valence-corrected chi connectivity index (χ4v) is 5.72. The van der Waals surface area contributed by atoms with Gasteiger partial charge in [-0.25, -0.2) is 8.42 Å². The molecule has 0 aliphatic carbocycles. The summed E-state index contributed by atoms with van der Waals surface area (Å²) in [4.78, 5) is 29.5. The average Bonchev–Trinajstić information content (AvgIpc) is 2.87. The first kappa shape index (κ1) is 22.5. The molecule has 0 unspecified atom stereocenters. The van der Waals surface area contributed by atoms with E-state index in [-0.39, 0.29) is 18.4 Å². The standard InChI is InChI=1S/C26H25N3O4S/c30-25-22-10-4-8-21-9-5-11-23(24(21)22)26(31)29(25)18-15-27-13-16-28(17-14-27)34(32,33)19-12-20-6-2-1-3-7-20/h1-12,19H,13-18H2/b19-12+. The van der Waals surface area contributed by atoms with Gasteiger partial charge in [0, 0.05) is 61.2 Å². The summed E-state index contributed by atoms with van der Waals surface area (Å²) in [6, 6.07) is 20.3. The minimum Gasteiger partial charge on any atom is -0.299 e. The first-order valence-electron chi connectivity index (χ1n) is 11.3. The van der Waals surface area contributed by atoms with Gasteiger partial charge in [0.1, 0.15) is 0 Å². The van der Waals surface area contributed by atoms with Crippen LogP contribution < -0.4 is 0 Å². The summed E-state index contributed by atoms with van der Waals surface area (Å²) in [5, 5.41) is 2.86. The topological polar surface area (TPSA) is 78.0 Å². The van der Waals surface area contributed by atoms with Crippen LogP contribution in [0.5, 0.6) is 0 Å². The number of carbonyl (C=O) groups is 2. The van der Waals surface area contributed by atoms with E-state index in [1.54, 1.807) is 18.2 Å². The van der Waals surface area contributed by atoms with E-state index in [1.807, 2.05) is 54.6 Å². The van der Waals surface area contributed by atoms with Crippen molar-refractivity contribution in [3.8, 4) is 0 Å². The molecular formula is C26H25N3O4S. The molecule has 2 amide bonds. The van der Waals surface area contributed by atoms with Crippen LogP contribution in [0, 0.1) is 0 Å². The lowest BCUT2D eigenvalue weighted by atomic mass is 9.94. The van der Waals surface area contributed by atoms with Gasteiger partial charge in [0.25, 0.3) is 11.8 Å². The van der Waals surface area contributed by atoms with E-state index in [9.17, 15) is 18.0 Å². The van der Waals surface area contributed by atoms with E-state index in [0.29, 0.717) is 43.9 Å². The Morgan fingerprint density at radius 1 is 0.735 bits per heavy atom. The highest BCUT2D eigenvalue weighted by molar-refractivity contribution is 7.92. The quantitative estimate of drug-likeness (QED) is 0.512. The lowest BCUT2D eigenvalue weighted by molar-refractivity contribution is 0.0585. The third kappa shape index (κ3) is 4.27. The molecule has 2 aliphatic rings. The fraction of sp³-hybridized carbons (Fsp3) is 0.231. The molecule has 0 radical (unpaired) electrons. The Labute approximate surface area is 198 Å². The largest absolute Gasteiger partial charge is 0.299 e. The molecule has 34 heavy (non-hydrogen) atoms. The molecule has 0 spiro atoms. The van der Waals surface area contributed by atoms with Crippen molar-refractivity contribution in [2.24, 2.45) is 0 Å². The van der Waals surface area contributed by atoms with Gasteiger partial charge in [0.05, 0.1) is 0 Å². The second-order valence-electron chi connectivity index (χ2n) is 8.47. The summed E-state index contributed by atoms with van der Waals surface area (Å²) in [5.74, 6) is -0.553. The van der Waals surface area contributed by atoms with Crippen LogP contribution in [0.2, 0.25) is 0 Å². The number of piperazine rings is 1. The molecule has 174 valence electrons. The van der Waals surface area contributed by atoms with Crippen molar-refractivity contribution in [1.29, 1.82) is 0 Å². The molecule has 0 aromatic heterocycles. The Bertz CT molecular complexity index is 1330. The van der Waals surface area contributed by atoms with Crippen LogP contribution in [0.15, 0.2) is 72.1 Å². The second kappa shape index (κ2) is 9.13. The number of nitrogens with zero attached hydrogens (tertiary/aromatic N) is 3. The number of amides is 2. The molecule has 0 N–H and O–H groups in total. The van der Waals surface area contributed by atoms with Crippen molar-refractivity contribution in [2.45, 2.75) is 0 Å². The number of carbonyl (C=O) groups excluding carboxylic acids is 2. The molecule has 8 heteroatoms. The molecule has 5 rings (SSSR count). The van der Waals surface area contributed by atoms with Crippen LogP contribution >= 0.6 is 0 Å². The Morgan fingerprint density at radius 2 is 1.35 bits per heavy atom. The monoisotopic (exact) mass is 475 g/mol. The van der Waals surface area contributed by atoms with Gasteiger partial charge in [0.15, 0.2) is 0 Å². The first-order valence-corrected chi connectivity index (χ1v) is 12.8. The van der Waals surface area contributed by atoms with Crippen LogP contribution in [0.3, 0.4) is 0 Å². The SMILES string of the molecule is O=C1c2cccc3cccc(c23)C(=O)N1CCN1CCN(S(=O)(=O)/C=C/c2ccccc2)CC1. The smallest absolute Gasteiger partial charge is 0.261 e. The number of hydrogen-bond acceptors (Lipinski definition) is 5. The van der Waals surface area contributed by atoms with E-state index in [2.05, 4.69) is 4.90 Å². The fourth-order valence-electron chi connectivity index (χ4n) is 4.55. The first-order chi connectivity index (χ1) is 16.4. The molecule has 0 bridgehead atoms. The summed E-state index contributed by atoms with van der Waals surface area (Å²) >= 11 is 0. The minimum atomic E-state index is -3.51. The molecule has 2 heterocycles. The maximum absolute atomic E-state index is 13.1. The third-order valence-electron chi connectivity index (χ3n) is 6.42. The normalized spacial score (nSPS) is 17.7. The Hall–Kier alpha value is -3.33. The van der Waals surface area contributed by atoms with Crippen molar-refractivity contribution >= 4 is 38.7 Å². The van der Waals surface area contributed by atoms with E-state index < -0.39 is 10.0 Å². The molecule has 2 aliphatic heterocycles. The third-order valence-corrected chi connectivity index (χ3v) is 7.98. The highest BCUT2D eigenvalue weighted by atomic mass is 32.2. The highest BCUT2D eigenvalue weighted by Crippen LogP contribution is 2.29. The van der Waals surface area contributed by atoms with Crippen LogP contribution in [0.1, 0.15) is 26.3 Å². The minimum absolute atomic E-state index is 0.267. The zero-order valence-corrected chi connectivity index (χ0v) is 19.4. The maximum atomic E-state index is 13.1. The van der Waals surface area contributed by atoms with E-state index in [0.717, 1.165) is 16.3 Å². The van der Waals surface area contributed by atoms with Crippen molar-refractivity contribution in [3.05, 3.63) is 88.8 Å². The summed E-state index contributed by atoms with van der Waals surface area (Å²) < 4.78 is 26.8. The Kier molecular flexibility index (Phi) is 6.03. The van der Waals surface area contributed by atoms with Gasteiger partial charge >= 0.3 is 0 Å². The van der Waals surface area contributed by atoms with Crippen molar-refractivity contribution in [2.75, 3.05) is 39.3 Å². The molecule has 3 aromatic rings. The van der Waals surface area contributed by atoms with Crippen molar-refractivity contribution in [1.82, 2.24) is 14.1 Å². The van der Waals surface area contributed by atoms with Crippen LogP contribution in [0.4, 0.5) is 0 Å². The average molecular weight is 476 g/mol. The number of hydrogen-bond donors (Lipinski definition) is 0. The van der Waals surface area contributed by atoms with Gasteiger partial charge in [0.2, 0.25) is 10.0 Å². The molecule has 0 saturated carbocycles. The molecular weight excluding hydrogens is 450 g/mol. The maximum Gasteiger partial charge on any atom is 0.261 e. The predicted molar refractivity (Wildman–Crippen MR) is 132 cm³/mol. The number of rotatable bonds is 6. The summed E-state index contributed by atoms with van der Waals surface area (Å²) in [7, 11) is -3.51. The van der Waals surface area contributed by atoms with Gasteiger partial charge < -0.3 is 0 Å². The Balaban J connectivity index is 1.20. The molecule has 0 atom stereocenters. The number of sulfonamides is 1. The van der Waals surface area contributed by atoms with Gasteiger partial charge in [-0.3, -0.25) is 19.4 Å². The lowest BCUT2D eigenvalue weighted by Gasteiger charge is -2.35.